The molecular weight excluding hydrogens is 401 g/mol. The summed E-state index contributed by atoms with van der Waals surface area (Å²) in [5.74, 6) is 1.81. The normalized spacial score (nSPS) is 10.7. The Morgan fingerprint density at radius 2 is 1.81 bits per heavy atom. The number of nitrogens with one attached hydrogen (secondary N) is 1. The molecule has 1 N–H and O–H groups in total. The van der Waals surface area contributed by atoms with Gasteiger partial charge in [0.25, 0.3) is 0 Å². The second-order valence-electron chi connectivity index (χ2n) is 5.94. The topological polar surface area (TPSA) is 38.3 Å². The van der Waals surface area contributed by atoms with Crippen LogP contribution in [0.5, 0.6) is 5.75 Å². The molecule has 0 saturated carbocycles. The Balaban J connectivity index is 1.35. The molecule has 0 unspecified atom stereocenters. The molecule has 3 nitrogen and oxygen atoms in total. The number of ether oxygens (including phenoxy) is 1. The smallest absolute Gasteiger partial charge is 0.230 e. The minimum Gasteiger partial charge on any atom is -0.492 e. The summed E-state index contributed by atoms with van der Waals surface area (Å²) in [6, 6.07) is 19.5. The molecule has 0 heterocycles. The third-order valence-electron chi connectivity index (χ3n) is 3.92. The van der Waals surface area contributed by atoms with Crippen molar-refractivity contribution in [2.24, 2.45) is 0 Å². The van der Waals surface area contributed by atoms with E-state index in [4.69, 9.17) is 27.9 Å². The van der Waals surface area contributed by atoms with Gasteiger partial charge in [-0.1, -0.05) is 59.6 Å². The zero-order chi connectivity index (χ0) is 19.1. The maximum Gasteiger partial charge on any atom is 0.230 e. The Morgan fingerprint density at radius 1 is 1.00 bits per heavy atom. The molecule has 0 bridgehead atoms. The van der Waals surface area contributed by atoms with Crippen LogP contribution in [0, 0.1) is 0 Å². The summed E-state index contributed by atoms with van der Waals surface area (Å²) >= 11 is 13.5. The van der Waals surface area contributed by atoms with Crippen LogP contribution in [-0.4, -0.2) is 24.8 Å². The van der Waals surface area contributed by atoms with E-state index in [1.165, 1.54) is 17.1 Å². The molecule has 0 aromatic heterocycles. The lowest BCUT2D eigenvalue weighted by molar-refractivity contribution is -0.118. The Kier molecular flexibility index (Phi) is 7.27. The molecule has 3 aromatic rings. The van der Waals surface area contributed by atoms with Gasteiger partial charge in [-0.3, -0.25) is 4.79 Å². The fraction of sp³-hybridized carbons (Fsp3) is 0.190. The number of rotatable bonds is 8. The van der Waals surface area contributed by atoms with Gasteiger partial charge in [0.1, 0.15) is 12.4 Å². The number of carbonyl (C=O) groups excluding carboxylic acids is 1. The molecule has 1 amide bonds. The van der Waals surface area contributed by atoms with Gasteiger partial charge in [0, 0.05) is 15.8 Å². The fourth-order valence-corrected chi connectivity index (χ4v) is 3.98. The van der Waals surface area contributed by atoms with Crippen molar-refractivity contribution in [2.75, 3.05) is 18.9 Å². The van der Waals surface area contributed by atoms with Gasteiger partial charge in [-0.05, 0) is 40.6 Å². The van der Waals surface area contributed by atoms with Crippen LogP contribution in [0.15, 0.2) is 60.7 Å². The van der Waals surface area contributed by atoms with Crippen molar-refractivity contribution in [3.8, 4) is 5.75 Å². The first-order chi connectivity index (χ1) is 13.1. The van der Waals surface area contributed by atoms with Crippen LogP contribution in [0.3, 0.4) is 0 Å². The number of fused-ring (bicyclic) bond motifs is 1. The second kappa shape index (κ2) is 9.88. The molecule has 3 aromatic carbocycles. The summed E-state index contributed by atoms with van der Waals surface area (Å²) in [5, 5.41) is 6.41. The number of benzene rings is 3. The zero-order valence-corrected chi connectivity index (χ0v) is 16.9. The average Bonchev–Trinajstić information content (AvgIpc) is 2.67. The maximum atomic E-state index is 11.9. The first-order valence-corrected chi connectivity index (χ1v) is 10.4. The molecule has 0 aliphatic carbocycles. The standard InChI is InChI=1S/C21H19Cl2NO2S/c22-18-7-5-17(20(23)12-18)13-27-14-21(25)24-9-10-26-19-8-6-15-3-1-2-4-16(15)11-19/h1-8,11-12H,9-10,13-14H2,(H,24,25). The van der Waals surface area contributed by atoms with Gasteiger partial charge in [-0.15, -0.1) is 11.8 Å². The SMILES string of the molecule is O=C(CSCc1ccc(Cl)cc1Cl)NCCOc1ccc2ccccc2c1. The monoisotopic (exact) mass is 419 g/mol. The van der Waals surface area contributed by atoms with E-state index >= 15 is 0 Å². The molecule has 0 fully saturated rings. The molecule has 0 aliphatic rings. The van der Waals surface area contributed by atoms with E-state index in [1.807, 2.05) is 42.5 Å². The summed E-state index contributed by atoms with van der Waals surface area (Å²) in [6.45, 7) is 0.895. The van der Waals surface area contributed by atoms with E-state index in [-0.39, 0.29) is 5.91 Å². The van der Waals surface area contributed by atoms with Gasteiger partial charge < -0.3 is 10.1 Å². The highest BCUT2D eigenvalue weighted by molar-refractivity contribution is 7.99. The van der Waals surface area contributed by atoms with E-state index in [9.17, 15) is 4.79 Å². The number of halogens is 2. The third kappa shape index (κ3) is 6.06. The van der Waals surface area contributed by atoms with E-state index in [0.29, 0.717) is 34.7 Å². The minimum atomic E-state index is -0.0211. The predicted molar refractivity (Wildman–Crippen MR) is 115 cm³/mol. The van der Waals surface area contributed by atoms with Crippen LogP contribution in [0.1, 0.15) is 5.56 Å². The van der Waals surface area contributed by atoms with Crippen LogP contribution in [0.25, 0.3) is 10.8 Å². The highest BCUT2D eigenvalue weighted by Crippen LogP contribution is 2.24. The number of hydrogen-bond donors (Lipinski definition) is 1. The molecule has 140 valence electrons. The lowest BCUT2D eigenvalue weighted by Gasteiger charge is -2.09. The van der Waals surface area contributed by atoms with E-state index in [0.717, 1.165) is 16.7 Å². The largest absolute Gasteiger partial charge is 0.492 e. The molecule has 0 radical (unpaired) electrons. The quantitative estimate of drug-likeness (QED) is 0.484. The summed E-state index contributed by atoms with van der Waals surface area (Å²) in [4.78, 5) is 11.9. The highest BCUT2D eigenvalue weighted by Gasteiger charge is 2.05. The molecule has 0 atom stereocenters. The summed E-state index contributed by atoms with van der Waals surface area (Å²) < 4.78 is 5.71. The number of amides is 1. The first-order valence-electron chi connectivity index (χ1n) is 8.52. The fourth-order valence-electron chi connectivity index (χ4n) is 2.56. The molecule has 3 rings (SSSR count). The lowest BCUT2D eigenvalue weighted by Crippen LogP contribution is -2.29. The number of hydrogen-bond acceptors (Lipinski definition) is 3. The van der Waals surface area contributed by atoms with Gasteiger partial charge in [0.2, 0.25) is 5.91 Å². The van der Waals surface area contributed by atoms with E-state index in [2.05, 4.69) is 11.4 Å². The summed E-state index contributed by atoms with van der Waals surface area (Å²) in [6.07, 6.45) is 0. The van der Waals surface area contributed by atoms with Gasteiger partial charge in [0.05, 0.1) is 12.3 Å². The van der Waals surface area contributed by atoms with Crippen molar-refractivity contribution in [2.45, 2.75) is 5.75 Å². The van der Waals surface area contributed by atoms with Gasteiger partial charge in [0.15, 0.2) is 0 Å². The van der Waals surface area contributed by atoms with Crippen LogP contribution in [0.2, 0.25) is 10.0 Å². The van der Waals surface area contributed by atoms with Crippen molar-refractivity contribution in [3.63, 3.8) is 0 Å². The molecular formula is C21H19Cl2NO2S. The van der Waals surface area contributed by atoms with Crippen molar-refractivity contribution in [1.82, 2.24) is 5.32 Å². The molecule has 27 heavy (non-hydrogen) atoms. The summed E-state index contributed by atoms with van der Waals surface area (Å²) in [7, 11) is 0. The lowest BCUT2D eigenvalue weighted by atomic mass is 10.1. The van der Waals surface area contributed by atoms with Crippen molar-refractivity contribution < 1.29 is 9.53 Å². The Morgan fingerprint density at radius 3 is 2.63 bits per heavy atom. The van der Waals surface area contributed by atoms with Crippen molar-refractivity contribution >= 4 is 51.6 Å². The maximum absolute atomic E-state index is 11.9. The van der Waals surface area contributed by atoms with Crippen LogP contribution in [-0.2, 0) is 10.5 Å². The van der Waals surface area contributed by atoms with E-state index in [1.54, 1.807) is 12.1 Å². The van der Waals surface area contributed by atoms with Gasteiger partial charge >= 0.3 is 0 Å². The first kappa shape index (κ1) is 19.9. The van der Waals surface area contributed by atoms with Crippen LogP contribution in [0.4, 0.5) is 0 Å². The minimum absolute atomic E-state index is 0.0211. The van der Waals surface area contributed by atoms with E-state index < -0.39 is 0 Å². The van der Waals surface area contributed by atoms with Crippen LogP contribution < -0.4 is 10.1 Å². The number of thioether (sulfide) groups is 1. The molecule has 6 heteroatoms. The summed E-state index contributed by atoms with van der Waals surface area (Å²) in [5.41, 5.74) is 0.971. The average molecular weight is 420 g/mol. The Hall–Kier alpha value is -1.88. The Labute approximate surface area is 173 Å². The Bertz CT molecular complexity index is 933. The highest BCUT2D eigenvalue weighted by atomic mass is 35.5. The molecule has 0 spiro atoms. The van der Waals surface area contributed by atoms with Gasteiger partial charge in [-0.25, -0.2) is 0 Å². The molecule has 0 aliphatic heterocycles. The van der Waals surface area contributed by atoms with Crippen LogP contribution >= 0.6 is 35.0 Å². The third-order valence-corrected chi connectivity index (χ3v) is 5.49. The second-order valence-corrected chi connectivity index (χ2v) is 7.77. The van der Waals surface area contributed by atoms with Crippen molar-refractivity contribution in [3.05, 3.63) is 76.3 Å². The van der Waals surface area contributed by atoms with Gasteiger partial charge in [-0.2, -0.15) is 0 Å². The molecule has 0 saturated heterocycles. The zero-order valence-electron chi connectivity index (χ0n) is 14.6. The predicted octanol–water partition coefficient (Wildman–Crippen LogP) is 5.58. The van der Waals surface area contributed by atoms with Crippen molar-refractivity contribution in [1.29, 1.82) is 0 Å². The number of carbonyl (C=O) groups is 1.